The Morgan fingerprint density at radius 1 is 1.23 bits per heavy atom. The zero-order valence-corrected chi connectivity index (χ0v) is 12.2. The molecule has 2 aromatic rings. The lowest BCUT2D eigenvalue weighted by Crippen LogP contribution is -1.98. The van der Waals surface area contributed by atoms with Crippen LogP contribution in [-0.4, -0.2) is 30.3 Å². The van der Waals surface area contributed by atoms with E-state index >= 15 is 0 Å². The van der Waals surface area contributed by atoms with Crippen molar-refractivity contribution in [3.63, 3.8) is 0 Å². The number of nitrogens with zero attached hydrogens (tertiary/aromatic N) is 1. The fourth-order valence-electron chi connectivity index (χ4n) is 1.83. The molecule has 1 heterocycles. The second-order valence-electron chi connectivity index (χ2n) is 4.32. The standard InChI is InChI=1S/C16H16N2O4/c1-21-13-8-6-11(7-9-16(19)20)10-12(13)17-14-4-3-5-15(18-14)22-2/h3-10H,1-2H3,(H,17,18)(H,19,20)/b9-7+. The number of ether oxygens (including phenoxy) is 2. The lowest BCUT2D eigenvalue weighted by atomic mass is 10.1. The normalized spacial score (nSPS) is 10.5. The van der Waals surface area contributed by atoms with Crippen LogP contribution in [0, 0.1) is 0 Å². The van der Waals surface area contributed by atoms with Gasteiger partial charge < -0.3 is 19.9 Å². The molecule has 0 fully saturated rings. The highest BCUT2D eigenvalue weighted by molar-refractivity contribution is 5.85. The molecule has 0 saturated carbocycles. The molecule has 6 heteroatoms. The van der Waals surface area contributed by atoms with Crippen molar-refractivity contribution in [2.24, 2.45) is 0 Å². The summed E-state index contributed by atoms with van der Waals surface area (Å²) in [6.45, 7) is 0. The van der Waals surface area contributed by atoms with E-state index in [4.69, 9.17) is 14.6 Å². The number of pyridine rings is 1. The van der Waals surface area contributed by atoms with E-state index in [1.165, 1.54) is 6.08 Å². The summed E-state index contributed by atoms with van der Waals surface area (Å²) in [4.78, 5) is 14.9. The van der Waals surface area contributed by atoms with Gasteiger partial charge in [0, 0.05) is 12.1 Å². The van der Waals surface area contributed by atoms with Gasteiger partial charge in [-0.05, 0) is 29.8 Å². The maximum absolute atomic E-state index is 10.6. The maximum Gasteiger partial charge on any atom is 0.328 e. The molecule has 0 amide bonds. The average Bonchev–Trinajstić information content (AvgIpc) is 2.53. The van der Waals surface area contributed by atoms with Crippen LogP contribution in [0.5, 0.6) is 11.6 Å². The summed E-state index contributed by atoms with van der Waals surface area (Å²) < 4.78 is 10.4. The van der Waals surface area contributed by atoms with Crippen molar-refractivity contribution in [2.45, 2.75) is 0 Å². The minimum Gasteiger partial charge on any atom is -0.495 e. The van der Waals surface area contributed by atoms with Gasteiger partial charge in [-0.15, -0.1) is 0 Å². The van der Waals surface area contributed by atoms with Crippen LogP contribution < -0.4 is 14.8 Å². The first kappa shape index (κ1) is 15.4. The van der Waals surface area contributed by atoms with E-state index in [-0.39, 0.29) is 0 Å². The van der Waals surface area contributed by atoms with Crippen LogP contribution in [0.1, 0.15) is 5.56 Å². The topological polar surface area (TPSA) is 80.7 Å². The molecule has 0 spiro atoms. The summed E-state index contributed by atoms with van der Waals surface area (Å²) in [6, 6.07) is 10.6. The van der Waals surface area contributed by atoms with E-state index in [1.54, 1.807) is 44.6 Å². The Morgan fingerprint density at radius 3 is 2.73 bits per heavy atom. The summed E-state index contributed by atoms with van der Waals surface area (Å²) in [5.41, 5.74) is 1.41. The highest BCUT2D eigenvalue weighted by atomic mass is 16.5. The Kier molecular flexibility index (Phi) is 4.98. The number of hydrogen-bond acceptors (Lipinski definition) is 5. The molecule has 0 aliphatic rings. The number of aliphatic carboxylic acids is 1. The summed E-state index contributed by atoms with van der Waals surface area (Å²) in [6.07, 6.45) is 2.58. The molecule has 0 radical (unpaired) electrons. The quantitative estimate of drug-likeness (QED) is 0.798. The van der Waals surface area contributed by atoms with Gasteiger partial charge in [0.1, 0.15) is 11.6 Å². The Morgan fingerprint density at radius 2 is 2.05 bits per heavy atom. The van der Waals surface area contributed by atoms with Crippen molar-refractivity contribution in [3.05, 3.63) is 48.0 Å². The number of anilines is 2. The maximum atomic E-state index is 10.6. The largest absolute Gasteiger partial charge is 0.495 e. The van der Waals surface area contributed by atoms with Crippen molar-refractivity contribution in [3.8, 4) is 11.6 Å². The van der Waals surface area contributed by atoms with Crippen LogP contribution in [0.4, 0.5) is 11.5 Å². The summed E-state index contributed by atoms with van der Waals surface area (Å²) in [7, 11) is 3.11. The third-order valence-corrected chi connectivity index (χ3v) is 2.84. The van der Waals surface area contributed by atoms with Crippen molar-refractivity contribution >= 4 is 23.6 Å². The Labute approximate surface area is 128 Å². The Balaban J connectivity index is 2.31. The smallest absolute Gasteiger partial charge is 0.328 e. The zero-order valence-electron chi connectivity index (χ0n) is 12.2. The van der Waals surface area contributed by atoms with Gasteiger partial charge in [0.05, 0.1) is 19.9 Å². The predicted octanol–water partition coefficient (Wildman–Crippen LogP) is 2.94. The van der Waals surface area contributed by atoms with E-state index in [2.05, 4.69) is 10.3 Å². The first-order chi connectivity index (χ1) is 10.6. The molecule has 0 aliphatic heterocycles. The molecule has 0 saturated heterocycles. The fourth-order valence-corrected chi connectivity index (χ4v) is 1.83. The van der Waals surface area contributed by atoms with Gasteiger partial charge in [-0.1, -0.05) is 12.1 Å². The van der Waals surface area contributed by atoms with Crippen molar-refractivity contribution in [1.82, 2.24) is 4.98 Å². The average molecular weight is 300 g/mol. The SMILES string of the molecule is COc1cccc(Nc2cc(/C=C/C(=O)O)ccc2OC)n1. The summed E-state index contributed by atoms with van der Waals surface area (Å²) >= 11 is 0. The first-order valence-corrected chi connectivity index (χ1v) is 6.49. The second kappa shape index (κ2) is 7.12. The monoisotopic (exact) mass is 300 g/mol. The zero-order chi connectivity index (χ0) is 15.9. The molecule has 1 aromatic carbocycles. The van der Waals surface area contributed by atoms with Gasteiger partial charge in [-0.2, -0.15) is 4.98 Å². The van der Waals surface area contributed by atoms with Crippen LogP contribution in [0.2, 0.25) is 0 Å². The Bertz CT molecular complexity index is 698. The van der Waals surface area contributed by atoms with E-state index in [0.717, 1.165) is 11.6 Å². The van der Waals surface area contributed by atoms with Gasteiger partial charge in [-0.3, -0.25) is 0 Å². The number of carboxylic acid groups (broad SMARTS) is 1. The minimum atomic E-state index is -1.00. The third-order valence-electron chi connectivity index (χ3n) is 2.84. The fraction of sp³-hybridized carbons (Fsp3) is 0.125. The van der Waals surface area contributed by atoms with E-state index in [0.29, 0.717) is 23.1 Å². The van der Waals surface area contributed by atoms with Gasteiger partial charge in [0.2, 0.25) is 5.88 Å². The van der Waals surface area contributed by atoms with Crippen LogP contribution in [0.15, 0.2) is 42.5 Å². The molecule has 2 N–H and O–H groups in total. The molecule has 0 bridgehead atoms. The molecule has 0 atom stereocenters. The molecule has 114 valence electrons. The second-order valence-corrected chi connectivity index (χ2v) is 4.32. The highest BCUT2D eigenvalue weighted by Gasteiger charge is 2.06. The molecule has 0 unspecified atom stereocenters. The summed E-state index contributed by atoms with van der Waals surface area (Å²) in [5, 5.41) is 11.8. The molecule has 22 heavy (non-hydrogen) atoms. The van der Waals surface area contributed by atoms with Crippen molar-refractivity contribution in [2.75, 3.05) is 19.5 Å². The lowest BCUT2D eigenvalue weighted by Gasteiger charge is -2.12. The molecule has 2 rings (SSSR count). The van der Waals surface area contributed by atoms with Gasteiger partial charge in [-0.25, -0.2) is 4.79 Å². The molecular weight excluding hydrogens is 284 g/mol. The number of methoxy groups -OCH3 is 2. The van der Waals surface area contributed by atoms with E-state index < -0.39 is 5.97 Å². The molecule has 6 nitrogen and oxygen atoms in total. The van der Waals surface area contributed by atoms with Crippen LogP contribution in [0.25, 0.3) is 6.08 Å². The molecule has 0 aliphatic carbocycles. The number of carbonyl (C=O) groups is 1. The Hall–Kier alpha value is -3.02. The van der Waals surface area contributed by atoms with Crippen molar-refractivity contribution in [1.29, 1.82) is 0 Å². The number of carboxylic acids is 1. The minimum absolute atomic E-state index is 0.492. The number of nitrogens with one attached hydrogen (secondary N) is 1. The van der Waals surface area contributed by atoms with Gasteiger partial charge >= 0.3 is 5.97 Å². The van der Waals surface area contributed by atoms with E-state index in [1.807, 2.05) is 6.07 Å². The van der Waals surface area contributed by atoms with Crippen LogP contribution in [0.3, 0.4) is 0 Å². The number of hydrogen-bond donors (Lipinski definition) is 2. The first-order valence-electron chi connectivity index (χ1n) is 6.49. The number of aromatic nitrogens is 1. The molecular formula is C16H16N2O4. The van der Waals surface area contributed by atoms with Gasteiger partial charge in [0.25, 0.3) is 0 Å². The number of benzene rings is 1. The summed E-state index contributed by atoms with van der Waals surface area (Å²) in [5.74, 6) is 0.708. The van der Waals surface area contributed by atoms with Crippen LogP contribution >= 0.6 is 0 Å². The predicted molar refractivity (Wildman–Crippen MR) is 83.7 cm³/mol. The highest BCUT2D eigenvalue weighted by Crippen LogP contribution is 2.29. The van der Waals surface area contributed by atoms with Crippen LogP contribution in [-0.2, 0) is 4.79 Å². The molecule has 1 aromatic heterocycles. The van der Waals surface area contributed by atoms with Gasteiger partial charge in [0.15, 0.2) is 0 Å². The van der Waals surface area contributed by atoms with Crippen molar-refractivity contribution < 1.29 is 19.4 Å². The van der Waals surface area contributed by atoms with E-state index in [9.17, 15) is 4.79 Å². The lowest BCUT2D eigenvalue weighted by molar-refractivity contribution is -0.131. The third kappa shape index (κ3) is 3.99. The number of rotatable bonds is 6.